The Morgan fingerprint density at radius 2 is 1.90 bits per heavy atom. The maximum Gasteiger partial charge on any atom is 0.325 e. The van der Waals surface area contributed by atoms with E-state index in [0.29, 0.717) is 5.75 Å². The third-order valence-corrected chi connectivity index (χ3v) is 3.87. The van der Waals surface area contributed by atoms with Crippen LogP contribution in [0.25, 0.3) is 0 Å². The van der Waals surface area contributed by atoms with Crippen LogP contribution in [-0.2, 0) is 14.3 Å². The summed E-state index contributed by atoms with van der Waals surface area (Å²) in [6.45, 7) is -1.13. The molecule has 29 heavy (non-hydrogen) atoms. The monoisotopic (exact) mass is 421 g/mol. The van der Waals surface area contributed by atoms with Gasteiger partial charge in [0.1, 0.15) is 12.3 Å². The summed E-state index contributed by atoms with van der Waals surface area (Å²) in [6, 6.07) is 9.97. The highest BCUT2D eigenvalue weighted by molar-refractivity contribution is 6.33. The Balaban J connectivity index is 1.83. The van der Waals surface area contributed by atoms with E-state index in [2.05, 4.69) is 10.6 Å². The highest BCUT2D eigenvalue weighted by Gasteiger charge is 2.15. The number of hydrogen-bond acceptors (Lipinski definition) is 7. The Hall–Kier alpha value is -3.66. The van der Waals surface area contributed by atoms with Gasteiger partial charge in [0.15, 0.2) is 6.61 Å². The average molecular weight is 422 g/mol. The lowest BCUT2D eigenvalue weighted by Gasteiger charge is -2.10. The van der Waals surface area contributed by atoms with Crippen molar-refractivity contribution in [3.8, 4) is 5.75 Å². The summed E-state index contributed by atoms with van der Waals surface area (Å²) in [6.07, 6.45) is 0. The van der Waals surface area contributed by atoms with E-state index in [1.54, 1.807) is 18.2 Å². The number of nitro groups is 1. The molecule has 152 valence electrons. The van der Waals surface area contributed by atoms with Crippen LogP contribution in [0.1, 0.15) is 10.4 Å². The molecular weight excluding hydrogens is 406 g/mol. The molecule has 11 heteroatoms. The molecule has 0 fully saturated rings. The molecule has 0 aromatic heterocycles. The largest absolute Gasteiger partial charge is 0.496 e. The van der Waals surface area contributed by atoms with Crippen LogP contribution in [0.2, 0.25) is 5.02 Å². The van der Waals surface area contributed by atoms with Gasteiger partial charge >= 0.3 is 5.97 Å². The third-order valence-electron chi connectivity index (χ3n) is 3.54. The first-order valence-electron chi connectivity index (χ1n) is 8.12. The highest BCUT2D eigenvalue weighted by Crippen LogP contribution is 2.26. The van der Waals surface area contributed by atoms with Gasteiger partial charge in [-0.25, -0.2) is 0 Å². The van der Waals surface area contributed by atoms with Gasteiger partial charge in [-0.2, -0.15) is 0 Å². The van der Waals surface area contributed by atoms with Crippen molar-refractivity contribution in [3.05, 3.63) is 63.2 Å². The smallest absolute Gasteiger partial charge is 0.325 e. The van der Waals surface area contributed by atoms with Crippen molar-refractivity contribution >= 4 is 40.8 Å². The number of rotatable bonds is 8. The Kier molecular flexibility index (Phi) is 7.49. The third kappa shape index (κ3) is 6.18. The summed E-state index contributed by atoms with van der Waals surface area (Å²) in [5.41, 5.74) is -0.0204. The SMILES string of the molecule is COc1ccccc1C(=O)NCC(=O)OCC(=O)Nc1cc([N+](=O)[O-])ccc1Cl. The van der Waals surface area contributed by atoms with Gasteiger partial charge in [0.05, 0.1) is 28.3 Å². The predicted molar refractivity (Wildman–Crippen MR) is 103 cm³/mol. The summed E-state index contributed by atoms with van der Waals surface area (Å²) >= 11 is 5.87. The number of hydrogen-bond donors (Lipinski definition) is 2. The van der Waals surface area contributed by atoms with E-state index in [1.807, 2.05) is 0 Å². The van der Waals surface area contributed by atoms with Gasteiger partial charge in [-0.3, -0.25) is 24.5 Å². The lowest BCUT2D eigenvalue weighted by Crippen LogP contribution is -2.32. The number of esters is 1. The number of benzene rings is 2. The molecule has 2 aromatic rings. The summed E-state index contributed by atoms with van der Waals surface area (Å²) in [5, 5.41) is 15.5. The van der Waals surface area contributed by atoms with Gasteiger partial charge in [-0.15, -0.1) is 0 Å². The number of carbonyl (C=O) groups excluding carboxylic acids is 3. The molecule has 0 aliphatic heterocycles. The number of nitrogens with zero attached hydrogens (tertiary/aromatic N) is 1. The fraction of sp³-hybridized carbons (Fsp3) is 0.167. The van der Waals surface area contributed by atoms with Crippen molar-refractivity contribution in [1.29, 1.82) is 0 Å². The minimum Gasteiger partial charge on any atom is -0.496 e. The maximum atomic E-state index is 12.1. The lowest BCUT2D eigenvalue weighted by molar-refractivity contribution is -0.384. The molecule has 0 spiro atoms. The number of ether oxygens (including phenoxy) is 2. The van der Waals surface area contributed by atoms with Crippen LogP contribution < -0.4 is 15.4 Å². The van der Waals surface area contributed by atoms with Crippen LogP contribution in [0.3, 0.4) is 0 Å². The number of amides is 2. The summed E-state index contributed by atoms with van der Waals surface area (Å²) in [7, 11) is 1.41. The Labute approximate surface area is 169 Å². The first-order valence-corrected chi connectivity index (χ1v) is 8.50. The second-order valence-corrected chi connectivity index (χ2v) is 5.92. The van der Waals surface area contributed by atoms with Crippen molar-refractivity contribution in [3.63, 3.8) is 0 Å². The van der Waals surface area contributed by atoms with Crippen molar-refractivity contribution in [2.75, 3.05) is 25.6 Å². The molecule has 0 saturated carbocycles. The topological polar surface area (TPSA) is 137 Å². The van der Waals surface area contributed by atoms with E-state index >= 15 is 0 Å². The number of methoxy groups -OCH3 is 1. The van der Waals surface area contributed by atoms with Crippen LogP contribution in [0.15, 0.2) is 42.5 Å². The number of anilines is 1. The van der Waals surface area contributed by atoms with Gasteiger partial charge in [0.2, 0.25) is 0 Å². The molecule has 0 radical (unpaired) electrons. The quantitative estimate of drug-likeness (QED) is 0.378. The van der Waals surface area contributed by atoms with Gasteiger partial charge in [0.25, 0.3) is 17.5 Å². The van der Waals surface area contributed by atoms with Crippen LogP contribution in [0.4, 0.5) is 11.4 Å². The van der Waals surface area contributed by atoms with Crippen LogP contribution in [-0.4, -0.2) is 43.0 Å². The van der Waals surface area contributed by atoms with E-state index in [1.165, 1.54) is 25.3 Å². The van der Waals surface area contributed by atoms with Crippen molar-refractivity contribution in [2.24, 2.45) is 0 Å². The fourth-order valence-corrected chi connectivity index (χ4v) is 2.35. The zero-order valence-corrected chi connectivity index (χ0v) is 15.9. The Morgan fingerprint density at radius 1 is 1.17 bits per heavy atom. The Bertz CT molecular complexity index is 949. The van der Waals surface area contributed by atoms with Gasteiger partial charge in [0, 0.05) is 12.1 Å². The minimum absolute atomic E-state index is 0.00592. The standard InChI is InChI=1S/C18H16ClN3O7/c1-28-15-5-3-2-4-12(15)18(25)20-9-17(24)29-10-16(23)21-14-8-11(22(26)27)6-7-13(14)19/h2-8H,9-10H2,1H3,(H,20,25)(H,21,23). The highest BCUT2D eigenvalue weighted by atomic mass is 35.5. The number of nitrogens with one attached hydrogen (secondary N) is 2. The molecule has 2 aromatic carbocycles. The molecule has 0 heterocycles. The number of nitro benzene ring substituents is 1. The molecule has 0 aliphatic rings. The first kappa shape index (κ1) is 21.6. The molecular formula is C18H16ClN3O7. The van der Waals surface area contributed by atoms with Gasteiger partial charge in [-0.05, 0) is 18.2 Å². The average Bonchev–Trinajstić information content (AvgIpc) is 2.71. The molecule has 0 atom stereocenters. The second-order valence-electron chi connectivity index (χ2n) is 5.51. The second kappa shape index (κ2) is 10.0. The van der Waals surface area contributed by atoms with Crippen LogP contribution in [0, 0.1) is 10.1 Å². The normalized spacial score (nSPS) is 10.0. The van der Waals surface area contributed by atoms with Crippen molar-refractivity contribution in [2.45, 2.75) is 0 Å². The van der Waals surface area contributed by atoms with E-state index in [4.69, 9.17) is 21.1 Å². The zero-order chi connectivity index (χ0) is 21.4. The number of non-ortho nitro benzene ring substituents is 1. The maximum absolute atomic E-state index is 12.1. The zero-order valence-electron chi connectivity index (χ0n) is 15.1. The van der Waals surface area contributed by atoms with E-state index < -0.39 is 35.9 Å². The van der Waals surface area contributed by atoms with Crippen LogP contribution in [0.5, 0.6) is 5.75 Å². The molecule has 0 saturated heterocycles. The number of carbonyl (C=O) groups is 3. The first-order chi connectivity index (χ1) is 13.8. The lowest BCUT2D eigenvalue weighted by atomic mass is 10.2. The molecule has 2 N–H and O–H groups in total. The van der Waals surface area contributed by atoms with E-state index in [-0.39, 0.29) is 22.0 Å². The minimum atomic E-state index is -0.853. The van der Waals surface area contributed by atoms with Gasteiger partial charge < -0.3 is 20.1 Å². The molecule has 2 amide bonds. The summed E-state index contributed by atoms with van der Waals surface area (Å²) in [5.74, 6) is -1.82. The molecule has 10 nitrogen and oxygen atoms in total. The van der Waals surface area contributed by atoms with Gasteiger partial charge in [-0.1, -0.05) is 23.7 Å². The predicted octanol–water partition coefficient (Wildman–Crippen LogP) is 2.17. The number of para-hydroxylation sites is 1. The van der Waals surface area contributed by atoms with E-state index in [0.717, 1.165) is 6.07 Å². The molecule has 0 bridgehead atoms. The Morgan fingerprint density at radius 3 is 2.59 bits per heavy atom. The molecule has 2 rings (SSSR count). The van der Waals surface area contributed by atoms with Crippen LogP contribution >= 0.6 is 11.6 Å². The fourth-order valence-electron chi connectivity index (χ4n) is 2.19. The van der Waals surface area contributed by atoms with E-state index in [9.17, 15) is 24.5 Å². The summed E-state index contributed by atoms with van der Waals surface area (Å²) in [4.78, 5) is 45.8. The van der Waals surface area contributed by atoms with Crippen molar-refractivity contribution in [1.82, 2.24) is 5.32 Å². The molecule has 0 unspecified atom stereocenters. The van der Waals surface area contributed by atoms with Crippen molar-refractivity contribution < 1.29 is 28.8 Å². The summed E-state index contributed by atoms with van der Waals surface area (Å²) < 4.78 is 9.82. The molecule has 0 aliphatic carbocycles. The number of halogens is 1.